The zero-order chi connectivity index (χ0) is 19.1. The third-order valence-electron chi connectivity index (χ3n) is 5.02. The van der Waals surface area contributed by atoms with E-state index in [1.54, 1.807) is 7.05 Å². The van der Waals surface area contributed by atoms with Crippen LogP contribution in [0.1, 0.15) is 38.7 Å². The van der Waals surface area contributed by atoms with Gasteiger partial charge in [-0.05, 0) is 30.0 Å². The molecule has 0 spiro atoms. The fraction of sp³-hybridized carbons (Fsp3) is 0.600. The fourth-order valence-corrected chi connectivity index (χ4v) is 3.45. The van der Waals surface area contributed by atoms with Gasteiger partial charge in [0.25, 0.3) is 0 Å². The molecule has 1 atom stereocenters. The standard InChI is InChI=1S/C20H30FN3O2/c1-15(2)18-14-24(20(26)10-9-19(25)22-3)12-4-11-23(18)13-16-5-7-17(21)8-6-16/h5-8,15,18H,4,9-14H2,1-3H3,(H,22,25)/t18-/m0/s1. The lowest BCUT2D eigenvalue weighted by Crippen LogP contribution is -2.45. The van der Waals surface area contributed by atoms with Crippen LogP contribution in [0.3, 0.4) is 0 Å². The third kappa shape index (κ3) is 5.80. The van der Waals surface area contributed by atoms with Crippen molar-refractivity contribution in [2.75, 3.05) is 26.7 Å². The molecule has 0 bridgehead atoms. The summed E-state index contributed by atoms with van der Waals surface area (Å²) in [4.78, 5) is 28.2. The molecule has 6 heteroatoms. The number of rotatable bonds is 6. The molecule has 1 aromatic rings. The van der Waals surface area contributed by atoms with E-state index in [-0.39, 0.29) is 36.5 Å². The van der Waals surface area contributed by atoms with Crippen LogP contribution >= 0.6 is 0 Å². The van der Waals surface area contributed by atoms with Crippen LogP contribution in [0.4, 0.5) is 4.39 Å². The predicted octanol–water partition coefficient (Wildman–Crippen LogP) is 2.41. The minimum absolute atomic E-state index is 0.0443. The maximum absolute atomic E-state index is 13.1. The normalized spacial score (nSPS) is 18.7. The van der Waals surface area contributed by atoms with E-state index in [0.29, 0.717) is 12.5 Å². The van der Waals surface area contributed by atoms with Crippen molar-refractivity contribution in [2.45, 2.75) is 45.7 Å². The van der Waals surface area contributed by atoms with Gasteiger partial charge in [0.05, 0.1) is 0 Å². The number of nitrogens with zero attached hydrogens (tertiary/aromatic N) is 2. The number of carbonyl (C=O) groups excluding carboxylic acids is 2. The van der Waals surface area contributed by atoms with Gasteiger partial charge < -0.3 is 10.2 Å². The predicted molar refractivity (Wildman–Crippen MR) is 99.9 cm³/mol. The summed E-state index contributed by atoms with van der Waals surface area (Å²) in [6.07, 6.45) is 1.38. The smallest absolute Gasteiger partial charge is 0.223 e. The van der Waals surface area contributed by atoms with Gasteiger partial charge in [-0.15, -0.1) is 0 Å². The molecule has 144 valence electrons. The first kappa shape index (κ1) is 20.4. The molecule has 2 amide bonds. The number of carbonyl (C=O) groups is 2. The van der Waals surface area contributed by atoms with E-state index in [4.69, 9.17) is 0 Å². The van der Waals surface area contributed by atoms with E-state index >= 15 is 0 Å². The van der Waals surface area contributed by atoms with Gasteiger partial charge in [0, 0.05) is 52.1 Å². The highest BCUT2D eigenvalue weighted by atomic mass is 19.1. The lowest BCUT2D eigenvalue weighted by molar-refractivity contribution is -0.134. The minimum Gasteiger partial charge on any atom is -0.359 e. The number of nitrogens with one attached hydrogen (secondary N) is 1. The lowest BCUT2D eigenvalue weighted by atomic mass is 10.0. The van der Waals surface area contributed by atoms with Crippen molar-refractivity contribution in [3.05, 3.63) is 35.6 Å². The maximum Gasteiger partial charge on any atom is 0.223 e. The summed E-state index contributed by atoms with van der Waals surface area (Å²) in [5.41, 5.74) is 1.08. The molecular weight excluding hydrogens is 333 g/mol. The second-order valence-corrected chi connectivity index (χ2v) is 7.27. The van der Waals surface area contributed by atoms with E-state index in [9.17, 15) is 14.0 Å². The number of benzene rings is 1. The first-order valence-corrected chi connectivity index (χ1v) is 9.37. The van der Waals surface area contributed by atoms with Gasteiger partial charge in [0.15, 0.2) is 0 Å². The molecule has 0 unspecified atom stereocenters. The molecule has 1 aliphatic heterocycles. The van der Waals surface area contributed by atoms with Crippen molar-refractivity contribution in [3.8, 4) is 0 Å². The quantitative estimate of drug-likeness (QED) is 0.844. The number of halogens is 1. The number of amides is 2. The van der Waals surface area contributed by atoms with Gasteiger partial charge in [0.2, 0.25) is 11.8 Å². The third-order valence-corrected chi connectivity index (χ3v) is 5.02. The molecular formula is C20H30FN3O2. The van der Waals surface area contributed by atoms with Crippen molar-refractivity contribution in [2.24, 2.45) is 5.92 Å². The second kappa shape index (κ2) is 9.67. The summed E-state index contributed by atoms with van der Waals surface area (Å²) in [5, 5.41) is 2.56. The summed E-state index contributed by atoms with van der Waals surface area (Å²) in [7, 11) is 1.58. The van der Waals surface area contributed by atoms with E-state index in [1.807, 2.05) is 17.0 Å². The maximum atomic E-state index is 13.1. The molecule has 0 radical (unpaired) electrons. The van der Waals surface area contributed by atoms with E-state index in [2.05, 4.69) is 24.1 Å². The van der Waals surface area contributed by atoms with Crippen molar-refractivity contribution in [3.63, 3.8) is 0 Å². The number of hydrogen-bond acceptors (Lipinski definition) is 3. The van der Waals surface area contributed by atoms with Crippen LogP contribution in [0.2, 0.25) is 0 Å². The van der Waals surface area contributed by atoms with Gasteiger partial charge in [0.1, 0.15) is 5.82 Å². The van der Waals surface area contributed by atoms with Gasteiger partial charge in [-0.1, -0.05) is 26.0 Å². The Morgan fingerprint density at radius 3 is 2.50 bits per heavy atom. The molecule has 0 aliphatic carbocycles. The van der Waals surface area contributed by atoms with Crippen molar-refractivity contribution >= 4 is 11.8 Å². The largest absolute Gasteiger partial charge is 0.359 e. The average molecular weight is 363 g/mol. The first-order valence-electron chi connectivity index (χ1n) is 9.37. The summed E-state index contributed by atoms with van der Waals surface area (Å²) < 4.78 is 13.1. The van der Waals surface area contributed by atoms with E-state index in [1.165, 1.54) is 12.1 Å². The Labute approximate surface area is 155 Å². The fourth-order valence-electron chi connectivity index (χ4n) is 3.45. The monoisotopic (exact) mass is 363 g/mol. The van der Waals surface area contributed by atoms with Crippen LogP contribution in [0, 0.1) is 11.7 Å². The molecule has 5 nitrogen and oxygen atoms in total. The molecule has 0 saturated carbocycles. The van der Waals surface area contributed by atoms with Crippen molar-refractivity contribution in [1.29, 1.82) is 0 Å². The van der Waals surface area contributed by atoms with Gasteiger partial charge in [-0.25, -0.2) is 4.39 Å². The Morgan fingerprint density at radius 2 is 1.88 bits per heavy atom. The Hall–Kier alpha value is -1.95. The van der Waals surface area contributed by atoms with Crippen LogP contribution in [0.25, 0.3) is 0 Å². The van der Waals surface area contributed by atoms with Gasteiger partial charge in [-0.3, -0.25) is 14.5 Å². The minimum atomic E-state index is -0.224. The van der Waals surface area contributed by atoms with E-state index < -0.39 is 0 Å². The number of hydrogen-bond donors (Lipinski definition) is 1. The van der Waals surface area contributed by atoms with Crippen molar-refractivity contribution < 1.29 is 14.0 Å². The van der Waals surface area contributed by atoms with Crippen LogP contribution < -0.4 is 5.32 Å². The summed E-state index contributed by atoms with van der Waals surface area (Å²) in [6, 6.07) is 6.87. The Kier molecular flexibility index (Phi) is 7.57. The molecule has 1 aliphatic rings. The molecule has 2 rings (SSSR count). The van der Waals surface area contributed by atoms with Gasteiger partial charge in [-0.2, -0.15) is 0 Å². The first-order chi connectivity index (χ1) is 12.4. The molecule has 1 heterocycles. The van der Waals surface area contributed by atoms with Crippen LogP contribution in [0.15, 0.2) is 24.3 Å². The lowest BCUT2D eigenvalue weighted by Gasteiger charge is -2.34. The summed E-state index contributed by atoms with van der Waals surface area (Å²) in [6.45, 7) is 7.38. The molecule has 0 aromatic heterocycles. The molecule has 26 heavy (non-hydrogen) atoms. The Morgan fingerprint density at radius 1 is 1.19 bits per heavy atom. The Bertz CT molecular complexity index is 604. The average Bonchev–Trinajstić information content (AvgIpc) is 2.84. The van der Waals surface area contributed by atoms with Crippen LogP contribution in [0.5, 0.6) is 0 Å². The van der Waals surface area contributed by atoms with E-state index in [0.717, 1.165) is 31.6 Å². The summed E-state index contributed by atoms with van der Waals surface area (Å²) in [5.74, 6) is 0.107. The van der Waals surface area contributed by atoms with Crippen LogP contribution in [-0.2, 0) is 16.1 Å². The highest BCUT2D eigenvalue weighted by molar-refractivity contribution is 5.83. The SMILES string of the molecule is CNC(=O)CCC(=O)N1CCCN(Cc2ccc(F)cc2)[C@H](C(C)C)C1. The van der Waals surface area contributed by atoms with Gasteiger partial charge >= 0.3 is 0 Å². The Balaban J connectivity index is 2.02. The van der Waals surface area contributed by atoms with Crippen molar-refractivity contribution in [1.82, 2.24) is 15.1 Å². The highest BCUT2D eigenvalue weighted by Gasteiger charge is 2.29. The second-order valence-electron chi connectivity index (χ2n) is 7.27. The summed E-state index contributed by atoms with van der Waals surface area (Å²) >= 11 is 0. The zero-order valence-electron chi connectivity index (χ0n) is 16.0. The highest BCUT2D eigenvalue weighted by Crippen LogP contribution is 2.21. The molecule has 1 saturated heterocycles. The molecule has 1 N–H and O–H groups in total. The topological polar surface area (TPSA) is 52.7 Å². The molecule has 1 fully saturated rings. The zero-order valence-corrected chi connectivity index (χ0v) is 16.0. The van der Waals surface area contributed by atoms with Crippen LogP contribution in [-0.4, -0.2) is 54.3 Å². The molecule has 1 aromatic carbocycles.